The summed E-state index contributed by atoms with van der Waals surface area (Å²) in [5, 5.41) is 0. The Kier molecular flexibility index (Phi) is 4.95. The maximum absolute atomic E-state index is 11.2. The van der Waals surface area contributed by atoms with Gasteiger partial charge in [0, 0.05) is 0 Å². The van der Waals surface area contributed by atoms with Crippen LogP contribution in [0.3, 0.4) is 0 Å². The van der Waals surface area contributed by atoms with Crippen molar-refractivity contribution in [2.24, 2.45) is 5.73 Å². The summed E-state index contributed by atoms with van der Waals surface area (Å²) in [6.07, 6.45) is -0.0563. The van der Waals surface area contributed by atoms with Crippen LogP contribution in [-0.2, 0) is 14.3 Å². The lowest BCUT2D eigenvalue weighted by Gasteiger charge is -2.25. The summed E-state index contributed by atoms with van der Waals surface area (Å²) in [6.45, 7) is 6.08. The third-order valence-corrected chi connectivity index (χ3v) is 1.39. The number of nitrogens with two attached hydrogens (primary N) is 1. The Hall–Kier alpha value is -0.610. The van der Waals surface area contributed by atoms with E-state index in [0.717, 1.165) is 0 Å². The lowest BCUT2D eigenvalue weighted by atomic mass is 10.1. The summed E-state index contributed by atoms with van der Waals surface area (Å²) in [7, 11) is 1.35. The van der Waals surface area contributed by atoms with E-state index in [9.17, 15) is 4.79 Å². The van der Waals surface area contributed by atoms with Crippen molar-refractivity contribution >= 4 is 5.97 Å². The van der Waals surface area contributed by atoms with Gasteiger partial charge in [0.05, 0.1) is 12.7 Å². The normalized spacial score (nSPS) is 13.9. The molecule has 0 heterocycles. The van der Waals surface area contributed by atoms with Crippen LogP contribution in [0.1, 0.15) is 27.2 Å². The number of carbonyl (C=O) groups is 1. The van der Waals surface area contributed by atoms with Crippen LogP contribution in [0, 0.1) is 0 Å². The molecule has 0 aliphatic heterocycles. The highest BCUT2D eigenvalue weighted by Gasteiger charge is 2.24. The molecule has 0 fully saturated rings. The molecule has 0 rings (SSSR count). The number of ether oxygens (including phenoxy) is 2. The molecule has 0 saturated heterocycles. The van der Waals surface area contributed by atoms with E-state index in [4.69, 9.17) is 10.5 Å². The summed E-state index contributed by atoms with van der Waals surface area (Å²) in [5.74, 6) is -0.361. The number of rotatable bonds is 4. The number of hydrogen-bond donors (Lipinski definition) is 1. The molecule has 0 unspecified atom stereocenters. The van der Waals surface area contributed by atoms with Gasteiger partial charge in [0.2, 0.25) is 0 Å². The molecule has 0 bridgehead atoms. The molecule has 4 nitrogen and oxygen atoms in total. The van der Waals surface area contributed by atoms with Crippen molar-refractivity contribution in [1.82, 2.24) is 0 Å². The van der Waals surface area contributed by atoms with Crippen LogP contribution < -0.4 is 5.73 Å². The molecule has 0 saturated carbocycles. The number of hydrogen-bond acceptors (Lipinski definition) is 4. The van der Waals surface area contributed by atoms with Crippen LogP contribution >= 0.6 is 0 Å². The van der Waals surface area contributed by atoms with Gasteiger partial charge in [0.1, 0.15) is 0 Å². The van der Waals surface area contributed by atoms with E-state index in [-0.39, 0.29) is 11.6 Å². The van der Waals surface area contributed by atoms with Crippen molar-refractivity contribution in [3.63, 3.8) is 0 Å². The summed E-state index contributed by atoms with van der Waals surface area (Å²) < 4.78 is 10.1. The zero-order chi connectivity index (χ0) is 10.5. The Bertz CT molecular complexity index is 163. The second-order valence-electron chi connectivity index (χ2n) is 3.82. The summed E-state index contributed by atoms with van der Waals surface area (Å²) in [6, 6.07) is 0. The fraction of sp³-hybridized carbons (Fsp3) is 0.889. The van der Waals surface area contributed by atoms with Crippen molar-refractivity contribution < 1.29 is 14.3 Å². The van der Waals surface area contributed by atoms with Crippen LogP contribution in [0.25, 0.3) is 0 Å². The summed E-state index contributed by atoms with van der Waals surface area (Å²) >= 11 is 0. The molecule has 0 aliphatic carbocycles. The number of esters is 1. The van der Waals surface area contributed by atoms with E-state index in [1.807, 2.05) is 20.8 Å². The Labute approximate surface area is 79.4 Å². The van der Waals surface area contributed by atoms with Gasteiger partial charge >= 0.3 is 5.97 Å². The monoisotopic (exact) mass is 189 g/mol. The first kappa shape index (κ1) is 12.4. The molecule has 0 aromatic carbocycles. The van der Waals surface area contributed by atoms with Gasteiger partial charge < -0.3 is 15.2 Å². The fourth-order valence-electron chi connectivity index (χ4n) is 0.934. The molecule has 0 spiro atoms. The minimum Gasteiger partial charge on any atom is -0.467 e. The van der Waals surface area contributed by atoms with E-state index in [0.29, 0.717) is 13.0 Å². The highest BCUT2D eigenvalue weighted by atomic mass is 16.6. The average Bonchev–Trinajstić information content (AvgIpc) is 2.00. The number of carbonyl (C=O) groups excluding carboxylic acids is 1. The Morgan fingerprint density at radius 2 is 2.00 bits per heavy atom. The van der Waals surface area contributed by atoms with Crippen LogP contribution in [0.5, 0.6) is 0 Å². The fourth-order valence-corrected chi connectivity index (χ4v) is 0.934. The standard InChI is InChI=1S/C9H19NO3/c1-9(2,3)13-7(5-6-10)8(11)12-4/h7H,5-6,10H2,1-4H3/t7-/m1/s1. The Morgan fingerprint density at radius 1 is 1.46 bits per heavy atom. The third-order valence-electron chi connectivity index (χ3n) is 1.39. The highest BCUT2D eigenvalue weighted by Crippen LogP contribution is 2.13. The van der Waals surface area contributed by atoms with E-state index in [1.165, 1.54) is 7.11 Å². The van der Waals surface area contributed by atoms with Crippen LogP contribution in [0.4, 0.5) is 0 Å². The van der Waals surface area contributed by atoms with E-state index < -0.39 is 6.10 Å². The molecular weight excluding hydrogens is 170 g/mol. The first-order chi connectivity index (χ1) is 5.90. The maximum atomic E-state index is 11.2. The largest absolute Gasteiger partial charge is 0.467 e. The predicted molar refractivity (Wildman–Crippen MR) is 50.3 cm³/mol. The quantitative estimate of drug-likeness (QED) is 0.661. The smallest absolute Gasteiger partial charge is 0.335 e. The molecular formula is C9H19NO3. The highest BCUT2D eigenvalue weighted by molar-refractivity contribution is 5.74. The molecule has 78 valence electrons. The minimum atomic E-state index is -0.546. The molecule has 2 N–H and O–H groups in total. The summed E-state index contributed by atoms with van der Waals surface area (Å²) in [5.41, 5.74) is 5.00. The van der Waals surface area contributed by atoms with Gasteiger partial charge in [-0.05, 0) is 33.7 Å². The molecule has 1 atom stereocenters. The van der Waals surface area contributed by atoms with E-state index in [1.54, 1.807) is 0 Å². The van der Waals surface area contributed by atoms with E-state index in [2.05, 4.69) is 4.74 Å². The van der Waals surface area contributed by atoms with Crippen molar-refractivity contribution in [1.29, 1.82) is 0 Å². The van der Waals surface area contributed by atoms with Crippen LogP contribution in [-0.4, -0.2) is 31.3 Å². The van der Waals surface area contributed by atoms with Crippen molar-refractivity contribution in [3.8, 4) is 0 Å². The first-order valence-corrected chi connectivity index (χ1v) is 4.36. The van der Waals surface area contributed by atoms with Crippen LogP contribution in [0.2, 0.25) is 0 Å². The van der Waals surface area contributed by atoms with Crippen molar-refractivity contribution in [2.75, 3.05) is 13.7 Å². The maximum Gasteiger partial charge on any atom is 0.335 e. The molecule has 0 amide bonds. The van der Waals surface area contributed by atoms with Gasteiger partial charge in [-0.1, -0.05) is 0 Å². The van der Waals surface area contributed by atoms with Gasteiger partial charge in [0.15, 0.2) is 6.10 Å². The second-order valence-corrected chi connectivity index (χ2v) is 3.82. The molecule has 4 heteroatoms. The van der Waals surface area contributed by atoms with Crippen LogP contribution in [0.15, 0.2) is 0 Å². The average molecular weight is 189 g/mol. The zero-order valence-corrected chi connectivity index (χ0v) is 8.79. The third kappa shape index (κ3) is 5.60. The van der Waals surface area contributed by atoms with Gasteiger partial charge in [-0.25, -0.2) is 4.79 Å². The lowest BCUT2D eigenvalue weighted by Crippen LogP contribution is -2.35. The predicted octanol–water partition coefficient (Wildman–Crippen LogP) is 0.692. The molecule has 0 aromatic heterocycles. The number of methoxy groups -OCH3 is 1. The zero-order valence-electron chi connectivity index (χ0n) is 8.79. The lowest BCUT2D eigenvalue weighted by molar-refractivity contribution is -0.163. The Balaban J connectivity index is 4.17. The van der Waals surface area contributed by atoms with E-state index >= 15 is 0 Å². The van der Waals surface area contributed by atoms with Gasteiger partial charge in [0.25, 0.3) is 0 Å². The van der Waals surface area contributed by atoms with Gasteiger partial charge in [-0.3, -0.25) is 0 Å². The molecule has 0 radical (unpaired) electrons. The summed E-state index contributed by atoms with van der Waals surface area (Å²) in [4.78, 5) is 11.2. The molecule has 0 aliphatic rings. The Morgan fingerprint density at radius 3 is 2.31 bits per heavy atom. The van der Waals surface area contributed by atoms with Crippen molar-refractivity contribution in [2.45, 2.75) is 38.9 Å². The van der Waals surface area contributed by atoms with Gasteiger partial charge in [-0.2, -0.15) is 0 Å². The molecule has 0 aromatic rings. The SMILES string of the molecule is COC(=O)[C@@H](CCN)OC(C)(C)C. The molecule has 13 heavy (non-hydrogen) atoms. The second kappa shape index (κ2) is 5.19. The van der Waals surface area contributed by atoms with Crippen molar-refractivity contribution in [3.05, 3.63) is 0 Å². The van der Waals surface area contributed by atoms with Gasteiger partial charge in [-0.15, -0.1) is 0 Å². The topological polar surface area (TPSA) is 61.5 Å². The first-order valence-electron chi connectivity index (χ1n) is 4.36. The minimum absolute atomic E-state index is 0.353.